The van der Waals surface area contributed by atoms with Crippen LogP contribution in [0.15, 0.2) is 18.2 Å². The van der Waals surface area contributed by atoms with E-state index in [9.17, 15) is 4.79 Å². The molecule has 1 aromatic carbocycles. The summed E-state index contributed by atoms with van der Waals surface area (Å²) in [6.07, 6.45) is 2.78. The van der Waals surface area contributed by atoms with E-state index in [1.807, 2.05) is 6.92 Å². The van der Waals surface area contributed by atoms with Crippen molar-refractivity contribution in [3.63, 3.8) is 0 Å². The number of benzene rings is 1. The van der Waals surface area contributed by atoms with Gasteiger partial charge in [0.1, 0.15) is 5.82 Å². The molecule has 2 heterocycles. The van der Waals surface area contributed by atoms with Crippen molar-refractivity contribution >= 4 is 17.0 Å². The highest BCUT2D eigenvalue weighted by Crippen LogP contribution is 2.21. The lowest BCUT2D eigenvalue weighted by atomic mass is 9.97. The normalized spacial score (nSPS) is 16.8. The van der Waals surface area contributed by atoms with E-state index in [0.29, 0.717) is 6.61 Å². The minimum Gasteiger partial charge on any atom is -0.466 e. The minimum absolute atomic E-state index is 0.0389. The number of esters is 1. The van der Waals surface area contributed by atoms with Crippen molar-refractivity contribution < 1.29 is 9.53 Å². The molecule has 23 heavy (non-hydrogen) atoms. The average molecular weight is 315 g/mol. The Morgan fingerprint density at radius 3 is 2.83 bits per heavy atom. The van der Waals surface area contributed by atoms with E-state index in [2.05, 4.69) is 40.0 Å². The molecule has 5 nitrogen and oxygen atoms in total. The summed E-state index contributed by atoms with van der Waals surface area (Å²) < 4.78 is 5.12. The molecule has 0 amide bonds. The number of hydrogen-bond donors (Lipinski definition) is 1. The molecule has 1 aliphatic rings. The Kier molecular flexibility index (Phi) is 4.96. The summed E-state index contributed by atoms with van der Waals surface area (Å²) in [5.74, 6) is 1.03. The van der Waals surface area contributed by atoms with Gasteiger partial charge in [-0.1, -0.05) is 13.0 Å². The van der Waals surface area contributed by atoms with Gasteiger partial charge >= 0.3 is 5.97 Å². The molecule has 0 spiro atoms. The molecular weight excluding hydrogens is 290 g/mol. The van der Waals surface area contributed by atoms with E-state index in [-0.39, 0.29) is 11.9 Å². The number of likely N-dealkylation sites (tertiary alicyclic amines) is 1. The summed E-state index contributed by atoms with van der Waals surface area (Å²) in [6.45, 7) is 7.13. The molecule has 0 unspecified atom stereocenters. The molecule has 124 valence electrons. The zero-order valence-electron chi connectivity index (χ0n) is 14.0. The summed E-state index contributed by atoms with van der Waals surface area (Å²) in [5, 5.41) is 0. The second kappa shape index (κ2) is 7.13. The topological polar surface area (TPSA) is 58.2 Å². The maximum atomic E-state index is 11.8. The zero-order chi connectivity index (χ0) is 16.2. The van der Waals surface area contributed by atoms with Crippen LogP contribution in [-0.2, 0) is 22.5 Å². The van der Waals surface area contributed by atoms with Crippen molar-refractivity contribution in [2.75, 3.05) is 19.7 Å². The van der Waals surface area contributed by atoms with Gasteiger partial charge in [-0.2, -0.15) is 0 Å². The SMILES string of the molecule is CCOC(=O)C1CCN(Cc2nc3ccc(CC)cc3[nH]2)CC1. The Morgan fingerprint density at radius 2 is 2.13 bits per heavy atom. The summed E-state index contributed by atoms with van der Waals surface area (Å²) >= 11 is 0. The summed E-state index contributed by atoms with van der Waals surface area (Å²) in [4.78, 5) is 22.2. The highest BCUT2D eigenvalue weighted by Gasteiger charge is 2.26. The fourth-order valence-electron chi connectivity index (χ4n) is 3.20. The number of nitrogens with one attached hydrogen (secondary N) is 1. The number of aryl methyl sites for hydroxylation is 1. The number of H-pyrrole nitrogens is 1. The van der Waals surface area contributed by atoms with Crippen molar-refractivity contribution in [1.29, 1.82) is 0 Å². The number of hydrogen-bond acceptors (Lipinski definition) is 4. The van der Waals surface area contributed by atoms with Crippen LogP contribution >= 0.6 is 0 Å². The highest BCUT2D eigenvalue weighted by molar-refractivity contribution is 5.75. The second-order valence-corrected chi connectivity index (χ2v) is 6.19. The molecule has 0 radical (unpaired) electrons. The van der Waals surface area contributed by atoms with Gasteiger partial charge in [-0.25, -0.2) is 4.98 Å². The fraction of sp³-hybridized carbons (Fsp3) is 0.556. The van der Waals surface area contributed by atoms with E-state index in [1.165, 1.54) is 5.56 Å². The van der Waals surface area contributed by atoms with Crippen LogP contribution < -0.4 is 0 Å². The molecule has 3 rings (SSSR count). The number of fused-ring (bicyclic) bond motifs is 1. The van der Waals surface area contributed by atoms with Crippen molar-refractivity contribution in [2.45, 2.75) is 39.7 Å². The Bertz CT molecular complexity index is 672. The number of ether oxygens (including phenoxy) is 1. The Balaban J connectivity index is 1.59. The number of carbonyl (C=O) groups excluding carboxylic acids is 1. The molecule has 0 atom stereocenters. The molecule has 1 fully saturated rings. The molecule has 1 aromatic heterocycles. The number of aromatic nitrogens is 2. The van der Waals surface area contributed by atoms with E-state index in [1.54, 1.807) is 0 Å². The van der Waals surface area contributed by atoms with Gasteiger partial charge in [0.15, 0.2) is 0 Å². The van der Waals surface area contributed by atoms with E-state index in [0.717, 1.165) is 55.8 Å². The van der Waals surface area contributed by atoms with Gasteiger partial charge in [-0.15, -0.1) is 0 Å². The average Bonchev–Trinajstić information content (AvgIpc) is 2.96. The summed E-state index contributed by atoms with van der Waals surface area (Å²) in [7, 11) is 0. The standard InChI is InChI=1S/C18H25N3O2/c1-3-13-5-6-15-16(11-13)20-17(19-15)12-21-9-7-14(8-10-21)18(22)23-4-2/h5-6,11,14H,3-4,7-10,12H2,1-2H3,(H,19,20). The van der Waals surface area contributed by atoms with Crippen LogP contribution in [0.25, 0.3) is 11.0 Å². The third kappa shape index (κ3) is 3.72. The third-order valence-electron chi connectivity index (χ3n) is 4.58. The van der Waals surface area contributed by atoms with Gasteiger partial charge in [0, 0.05) is 0 Å². The summed E-state index contributed by atoms with van der Waals surface area (Å²) in [5.41, 5.74) is 3.46. The molecule has 1 aliphatic heterocycles. The van der Waals surface area contributed by atoms with Crippen molar-refractivity contribution in [3.8, 4) is 0 Å². The van der Waals surface area contributed by atoms with Gasteiger partial charge in [-0.05, 0) is 57.0 Å². The number of carbonyl (C=O) groups is 1. The largest absolute Gasteiger partial charge is 0.466 e. The van der Waals surface area contributed by atoms with Gasteiger partial charge in [0.05, 0.1) is 30.1 Å². The fourth-order valence-corrected chi connectivity index (χ4v) is 3.20. The molecule has 1 saturated heterocycles. The van der Waals surface area contributed by atoms with Crippen molar-refractivity contribution in [2.24, 2.45) is 5.92 Å². The first-order chi connectivity index (χ1) is 11.2. The first-order valence-corrected chi connectivity index (χ1v) is 8.56. The highest BCUT2D eigenvalue weighted by atomic mass is 16.5. The lowest BCUT2D eigenvalue weighted by Gasteiger charge is -2.30. The first kappa shape index (κ1) is 16.0. The molecule has 0 saturated carbocycles. The van der Waals surface area contributed by atoms with Crippen LogP contribution in [0, 0.1) is 5.92 Å². The lowest BCUT2D eigenvalue weighted by Crippen LogP contribution is -2.36. The Morgan fingerprint density at radius 1 is 1.35 bits per heavy atom. The van der Waals surface area contributed by atoms with Crippen molar-refractivity contribution in [3.05, 3.63) is 29.6 Å². The van der Waals surface area contributed by atoms with Crippen LogP contribution in [0.5, 0.6) is 0 Å². The van der Waals surface area contributed by atoms with Crippen LogP contribution in [0.2, 0.25) is 0 Å². The number of piperidine rings is 1. The number of rotatable bonds is 5. The maximum absolute atomic E-state index is 11.8. The zero-order valence-corrected chi connectivity index (χ0v) is 14.0. The van der Waals surface area contributed by atoms with E-state index < -0.39 is 0 Å². The predicted octanol–water partition coefficient (Wildman–Crippen LogP) is 2.90. The van der Waals surface area contributed by atoms with Crippen molar-refractivity contribution in [1.82, 2.24) is 14.9 Å². The smallest absolute Gasteiger partial charge is 0.309 e. The first-order valence-electron chi connectivity index (χ1n) is 8.56. The quantitative estimate of drug-likeness (QED) is 0.862. The predicted molar refractivity (Wildman–Crippen MR) is 90.1 cm³/mol. The molecule has 0 aliphatic carbocycles. The van der Waals surface area contributed by atoms with Crippen LogP contribution in [0.4, 0.5) is 0 Å². The molecule has 0 bridgehead atoms. The third-order valence-corrected chi connectivity index (χ3v) is 4.58. The van der Waals surface area contributed by atoms with Gasteiger partial charge in [-0.3, -0.25) is 9.69 Å². The number of nitrogens with zero attached hydrogens (tertiary/aromatic N) is 2. The van der Waals surface area contributed by atoms with E-state index >= 15 is 0 Å². The van der Waals surface area contributed by atoms with Gasteiger partial charge < -0.3 is 9.72 Å². The van der Waals surface area contributed by atoms with Gasteiger partial charge in [0.25, 0.3) is 0 Å². The van der Waals surface area contributed by atoms with Crippen LogP contribution in [-0.4, -0.2) is 40.5 Å². The Labute approximate surface area is 137 Å². The lowest BCUT2D eigenvalue weighted by molar-refractivity contribution is -0.149. The number of imidazole rings is 1. The monoisotopic (exact) mass is 315 g/mol. The second-order valence-electron chi connectivity index (χ2n) is 6.19. The molecular formula is C18H25N3O2. The molecule has 1 N–H and O–H groups in total. The van der Waals surface area contributed by atoms with Gasteiger partial charge in [0.2, 0.25) is 0 Å². The Hall–Kier alpha value is -1.88. The van der Waals surface area contributed by atoms with E-state index in [4.69, 9.17) is 4.74 Å². The van der Waals surface area contributed by atoms with Crippen LogP contribution in [0.1, 0.15) is 38.1 Å². The molecule has 2 aromatic rings. The van der Waals surface area contributed by atoms with Crippen LogP contribution in [0.3, 0.4) is 0 Å². The maximum Gasteiger partial charge on any atom is 0.309 e. The minimum atomic E-state index is -0.0389. The molecule has 5 heteroatoms. The number of aromatic amines is 1. The summed E-state index contributed by atoms with van der Waals surface area (Å²) in [6, 6.07) is 6.40.